The number of ether oxygens (including phenoxy) is 2. The minimum absolute atomic E-state index is 0.0999. The van der Waals surface area contributed by atoms with Crippen LogP contribution in [0, 0.1) is 0 Å². The maximum Gasteiger partial charge on any atom is 0.338 e. The lowest BCUT2D eigenvalue weighted by molar-refractivity contribution is -0.140. The molecule has 0 radical (unpaired) electrons. The van der Waals surface area contributed by atoms with Crippen LogP contribution in [0.3, 0.4) is 0 Å². The molecule has 1 atom stereocenters. The van der Waals surface area contributed by atoms with Crippen molar-refractivity contribution in [1.82, 2.24) is 10.6 Å². The molecule has 0 bridgehead atoms. The van der Waals surface area contributed by atoms with Gasteiger partial charge in [0.1, 0.15) is 12.4 Å². The lowest BCUT2D eigenvalue weighted by Gasteiger charge is -2.29. The molecular weight excluding hydrogens is 360 g/mol. The van der Waals surface area contributed by atoms with Crippen LogP contribution in [-0.4, -0.2) is 18.0 Å². The van der Waals surface area contributed by atoms with Crippen molar-refractivity contribution in [3.05, 3.63) is 77.0 Å². The van der Waals surface area contributed by atoms with Crippen molar-refractivity contribution >= 4 is 18.0 Å². The molecule has 0 saturated heterocycles. The molecule has 2 amide bonds. The summed E-state index contributed by atoms with van der Waals surface area (Å²) in [4.78, 5) is 36.3. The fourth-order valence-corrected chi connectivity index (χ4v) is 2.97. The van der Waals surface area contributed by atoms with E-state index < -0.39 is 24.0 Å². The second-order valence-corrected chi connectivity index (χ2v) is 6.26. The SMILES string of the molecule is CC(=O)Oc1ccccc1[C@H]1NC(=O)NC(C)=C1C(=O)OCc1ccccc1. The van der Waals surface area contributed by atoms with Gasteiger partial charge in [-0.2, -0.15) is 0 Å². The van der Waals surface area contributed by atoms with Crippen LogP contribution in [0.5, 0.6) is 5.75 Å². The summed E-state index contributed by atoms with van der Waals surface area (Å²) in [7, 11) is 0. The third kappa shape index (κ3) is 4.37. The number of rotatable bonds is 5. The predicted octanol–water partition coefficient (Wildman–Crippen LogP) is 2.98. The number of urea groups is 1. The van der Waals surface area contributed by atoms with E-state index in [9.17, 15) is 14.4 Å². The Morgan fingerprint density at radius 3 is 2.43 bits per heavy atom. The summed E-state index contributed by atoms with van der Waals surface area (Å²) in [5, 5.41) is 5.30. The molecule has 7 heteroatoms. The number of allylic oxidation sites excluding steroid dienone is 1. The number of hydrogen-bond donors (Lipinski definition) is 2. The van der Waals surface area contributed by atoms with Crippen LogP contribution in [0.25, 0.3) is 0 Å². The van der Waals surface area contributed by atoms with Crippen LogP contribution in [0.4, 0.5) is 4.79 Å². The Hall–Kier alpha value is -3.61. The second kappa shape index (κ2) is 8.39. The van der Waals surface area contributed by atoms with Crippen molar-refractivity contribution in [2.45, 2.75) is 26.5 Å². The van der Waals surface area contributed by atoms with Gasteiger partial charge >= 0.3 is 18.0 Å². The number of carbonyl (C=O) groups excluding carboxylic acids is 3. The summed E-state index contributed by atoms with van der Waals surface area (Å²) in [5.74, 6) is -0.804. The van der Waals surface area contributed by atoms with E-state index in [1.807, 2.05) is 30.3 Å². The maximum atomic E-state index is 12.8. The van der Waals surface area contributed by atoms with Crippen LogP contribution < -0.4 is 15.4 Å². The fraction of sp³-hybridized carbons (Fsp3) is 0.190. The van der Waals surface area contributed by atoms with Gasteiger partial charge < -0.3 is 20.1 Å². The summed E-state index contributed by atoms with van der Waals surface area (Å²) in [5.41, 5.74) is 1.96. The van der Waals surface area contributed by atoms with E-state index in [4.69, 9.17) is 9.47 Å². The van der Waals surface area contributed by atoms with Crippen molar-refractivity contribution in [1.29, 1.82) is 0 Å². The lowest BCUT2D eigenvalue weighted by Crippen LogP contribution is -2.45. The number of benzene rings is 2. The fourth-order valence-electron chi connectivity index (χ4n) is 2.97. The van der Waals surface area contributed by atoms with Gasteiger partial charge in [0.15, 0.2) is 0 Å². The van der Waals surface area contributed by atoms with Gasteiger partial charge in [0, 0.05) is 18.2 Å². The molecule has 2 aromatic rings. The topological polar surface area (TPSA) is 93.7 Å². The van der Waals surface area contributed by atoms with Crippen LogP contribution in [0.15, 0.2) is 65.9 Å². The Balaban J connectivity index is 1.91. The summed E-state index contributed by atoms with van der Waals surface area (Å²) < 4.78 is 10.7. The van der Waals surface area contributed by atoms with Gasteiger partial charge in [-0.25, -0.2) is 9.59 Å². The van der Waals surface area contributed by atoms with Gasteiger partial charge in [-0.3, -0.25) is 4.79 Å². The first kappa shape index (κ1) is 19.2. The molecule has 1 aliphatic heterocycles. The second-order valence-electron chi connectivity index (χ2n) is 6.26. The van der Waals surface area contributed by atoms with Crippen molar-refractivity contribution < 1.29 is 23.9 Å². The van der Waals surface area contributed by atoms with Crippen LogP contribution >= 0.6 is 0 Å². The van der Waals surface area contributed by atoms with E-state index in [-0.39, 0.29) is 17.9 Å². The van der Waals surface area contributed by atoms with E-state index in [0.29, 0.717) is 11.3 Å². The summed E-state index contributed by atoms with van der Waals surface area (Å²) in [6.45, 7) is 3.01. The van der Waals surface area contributed by atoms with Crippen molar-refractivity contribution in [2.75, 3.05) is 0 Å². The third-order valence-electron chi connectivity index (χ3n) is 4.19. The molecule has 0 aliphatic carbocycles. The zero-order valence-electron chi connectivity index (χ0n) is 15.5. The first-order chi connectivity index (χ1) is 13.5. The minimum Gasteiger partial charge on any atom is -0.457 e. The Labute approximate surface area is 162 Å². The average molecular weight is 380 g/mol. The van der Waals surface area contributed by atoms with Gasteiger partial charge in [0.25, 0.3) is 0 Å². The molecule has 3 rings (SSSR count). The van der Waals surface area contributed by atoms with E-state index in [1.165, 1.54) is 6.92 Å². The van der Waals surface area contributed by atoms with E-state index >= 15 is 0 Å². The summed E-state index contributed by atoms with van der Waals surface area (Å²) in [6.07, 6.45) is 0. The van der Waals surface area contributed by atoms with Gasteiger partial charge in [0.2, 0.25) is 0 Å². The number of para-hydroxylation sites is 1. The largest absolute Gasteiger partial charge is 0.457 e. The molecule has 0 fully saturated rings. The van der Waals surface area contributed by atoms with Crippen LogP contribution in [0.2, 0.25) is 0 Å². The summed E-state index contributed by atoms with van der Waals surface area (Å²) >= 11 is 0. The highest BCUT2D eigenvalue weighted by molar-refractivity contribution is 5.95. The third-order valence-corrected chi connectivity index (χ3v) is 4.19. The molecule has 0 aromatic heterocycles. The highest BCUT2D eigenvalue weighted by atomic mass is 16.5. The van der Waals surface area contributed by atoms with Gasteiger partial charge in [-0.15, -0.1) is 0 Å². The Morgan fingerprint density at radius 1 is 1.04 bits per heavy atom. The van der Waals surface area contributed by atoms with Gasteiger partial charge in [-0.05, 0) is 18.6 Å². The quantitative estimate of drug-likeness (QED) is 0.614. The Bertz CT molecular complexity index is 937. The van der Waals surface area contributed by atoms with E-state index in [0.717, 1.165) is 5.56 Å². The molecule has 1 heterocycles. The number of carbonyl (C=O) groups is 3. The first-order valence-electron chi connectivity index (χ1n) is 8.72. The molecular formula is C21H20N2O5. The van der Waals surface area contributed by atoms with Crippen molar-refractivity contribution in [3.63, 3.8) is 0 Å². The maximum absolute atomic E-state index is 12.8. The molecule has 144 valence electrons. The molecule has 2 N–H and O–H groups in total. The zero-order chi connectivity index (χ0) is 20.1. The Kier molecular flexibility index (Phi) is 5.74. The van der Waals surface area contributed by atoms with Crippen molar-refractivity contribution in [3.8, 4) is 5.75 Å². The monoisotopic (exact) mass is 380 g/mol. The molecule has 7 nitrogen and oxygen atoms in total. The number of esters is 2. The lowest BCUT2D eigenvalue weighted by atomic mass is 9.95. The molecule has 0 unspecified atom stereocenters. The normalized spacial score (nSPS) is 16.1. The number of amides is 2. The predicted molar refractivity (Wildman–Crippen MR) is 101 cm³/mol. The summed E-state index contributed by atoms with van der Waals surface area (Å²) in [6, 6.07) is 14.7. The highest BCUT2D eigenvalue weighted by Gasteiger charge is 2.34. The van der Waals surface area contributed by atoms with Gasteiger partial charge in [0.05, 0.1) is 11.6 Å². The first-order valence-corrected chi connectivity index (χ1v) is 8.72. The molecule has 28 heavy (non-hydrogen) atoms. The van der Waals surface area contributed by atoms with Crippen molar-refractivity contribution in [2.24, 2.45) is 0 Å². The average Bonchev–Trinajstić information content (AvgIpc) is 2.66. The van der Waals surface area contributed by atoms with Crippen LogP contribution in [0.1, 0.15) is 31.0 Å². The number of hydrogen-bond acceptors (Lipinski definition) is 5. The molecule has 0 saturated carbocycles. The minimum atomic E-state index is -0.812. The van der Waals surface area contributed by atoms with Gasteiger partial charge in [-0.1, -0.05) is 48.5 Å². The number of nitrogens with one attached hydrogen (secondary N) is 2. The van der Waals surface area contributed by atoms with E-state index in [1.54, 1.807) is 31.2 Å². The molecule has 2 aromatic carbocycles. The zero-order valence-corrected chi connectivity index (χ0v) is 15.5. The highest BCUT2D eigenvalue weighted by Crippen LogP contribution is 2.33. The Morgan fingerprint density at radius 2 is 1.71 bits per heavy atom. The molecule has 0 spiro atoms. The van der Waals surface area contributed by atoms with Crippen LogP contribution in [-0.2, 0) is 20.9 Å². The molecule has 1 aliphatic rings. The van der Waals surface area contributed by atoms with E-state index in [2.05, 4.69) is 10.6 Å². The standard InChI is InChI=1S/C21H20N2O5/c1-13-18(20(25)27-12-15-8-4-3-5-9-15)19(23-21(26)22-13)16-10-6-7-11-17(16)28-14(2)24/h3-11,19H,12H2,1-2H3,(H2,22,23,26)/t19-/m1/s1. The smallest absolute Gasteiger partial charge is 0.338 e.